The first-order valence-electron chi connectivity index (χ1n) is 9.29. The average molecular weight is 526 g/mol. The Morgan fingerprint density at radius 1 is 1.18 bits per heavy atom. The number of rotatable bonds is 6. The van der Waals surface area contributed by atoms with E-state index in [0.717, 1.165) is 32.7 Å². The maximum absolute atomic E-state index is 12.1. The minimum Gasteiger partial charge on any atom is -0.483 e. The van der Waals surface area contributed by atoms with Gasteiger partial charge in [0.05, 0.1) is 4.47 Å². The van der Waals surface area contributed by atoms with Crippen molar-refractivity contribution in [3.05, 3.63) is 50.9 Å². The molecule has 2 aromatic carbocycles. The number of nitrogens with one attached hydrogen (secondary N) is 2. The largest absolute Gasteiger partial charge is 0.483 e. The second-order valence-electron chi connectivity index (χ2n) is 6.69. The van der Waals surface area contributed by atoms with E-state index >= 15 is 0 Å². The quantitative estimate of drug-likeness (QED) is 0.379. The zero-order valence-corrected chi connectivity index (χ0v) is 19.4. The number of fused-ring (bicyclic) bond motifs is 1. The first-order valence-corrected chi connectivity index (χ1v) is 11.3. The molecule has 7 heteroatoms. The maximum Gasteiger partial charge on any atom is 0.264 e. The van der Waals surface area contributed by atoms with Gasteiger partial charge in [0, 0.05) is 11.0 Å². The highest BCUT2D eigenvalue weighted by atomic mass is 79.9. The van der Waals surface area contributed by atoms with Crippen LogP contribution in [-0.4, -0.2) is 24.2 Å². The molecule has 0 heterocycles. The lowest BCUT2D eigenvalue weighted by atomic mass is 9.97. The van der Waals surface area contributed by atoms with Crippen LogP contribution >= 0.6 is 44.1 Å². The Kier molecular flexibility index (Phi) is 7.88. The zero-order chi connectivity index (χ0) is 19.9. The predicted molar refractivity (Wildman–Crippen MR) is 125 cm³/mol. The molecule has 1 aliphatic carbocycles. The minimum atomic E-state index is -0.280. The molecular formula is C21H22Br2N2O2S. The van der Waals surface area contributed by atoms with Crippen LogP contribution in [0.3, 0.4) is 0 Å². The molecule has 28 heavy (non-hydrogen) atoms. The molecule has 0 atom stereocenters. The highest BCUT2D eigenvalue weighted by molar-refractivity contribution is 9.11. The summed E-state index contributed by atoms with van der Waals surface area (Å²) in [5.41, 5.74) is 1.48. The summed E-state index contributed by atoms with van der Waals surface area (Å²) in [6, 6.07) is 9.81. The second kappa shape index (κ2) is 10.4. The fourth-order valence-corrected chi connectivity index (χ4v) is 4.38. The first kappa shape index (κ1) is 21.3. The van der Waals surface area contributed by atoms with Crippen LogP contribution in [-0.2, 0) is 4.79 Å². The summed E-state index contributed by atoms with van der Waals surface area (Å²) >= 11 is 12.2. The van der Waals surface area contributed by atoms with Gasteiger partial charge < -0.3 is 15.4 Å². The lowest BCUT2D eigenvalue weighted by Crippen LogP contribution is -2.41. The number of ether oxygens (including phenoxy) is 1. The third kappa shape index (κ3) is 6.03. The van der Waals surface area contributed by atoms with E-state index in [-0.39, 0.29) is 12.5 Å². The molecule has 0 saturated heterocycles. The van der Waals surface area contributed by atoms with Crippen molar-refractivity contribution in [1.29, 1.82) is 0 Å². The van der Waals surface area contributed by atoms with Crippen LogP contribution in [0.1, 0.15) is 32.1 Å². The molecule has 3 rings (SSSR count). The Morgan fingerprint density at radius 2 is 2.04 bits per heavy atom. The number of benzene rings is 2. The number of thiocarbonyl (C=S) groups is 1. The number of amides is 1. The molecule has 4 nitrogen and oxygen atoms in total. The second-order valence-corrected chi connectivity index (χ2v) is 8.81. The number of allylic oxidation sites excluding steroid dienone is 1. The molecule has 0 spiro atoms. The van der Waals surface area contributed by atoms with Gasteiger partial charge in [0.15, 0.2) is 11.7 Å². The van der Waals surface area contributed by atoms with E-state index in [1.54, 1.807) is 0 Å². The van der Waals surface area contributed by atoms with Gasteiger partial charge >= 0.3 is 0 Å². The van der Waals surface area contributed by atoms with Crippen molar-refractivity contribution >= 4 is 65.9 Å². The summed E-state index contributed by atoms with van der Waals surface area (Å²) < 4.78 is 7.51. The summed E-state index contributed by atoms with van der Waals surface area (Å²) in [5.74, 6) is 0.338. The van der Waals surface area contributed by atoms with Crippen molar-refractivity contribution in [2.24, 2.45) is 0 Å². The first-order chi connectivity index (χ1) is 13.5. The van der Waals surface area contributed by atoms with Gasteiger partial charge in [-0.1, -0.05) is 39.7 Å². The van der Waals surface area contributed by atoms with Crippen molar-refractivity contribution in [3.8, 4) is 5.75 Å². The van der Waals surface area contributed by atoms with Gasteiger partial charge in [-0.2, -0.15) is 0 Å². The smallest absolute Gasteiger partial charge is 0.264 e. The van der Waals surface area contributed by atoms with Crippen LogP contribution < -0.4 is 15.4 Å². The van der Waals surface area contributed by atoms with Gasteiger partial charge in [0.2, 0.25) is 0 Å². The van der Waals surface area contributed by atoms with Gasteiger partial charge in [-0.25, -0.2) is 0 Å². The van der Waals surface area contributed by atoms with Crippen molar-refractivity contribution < 1.29 is 9.53 Å². The van der Waals surface area contributed by atoms with Crippen LogP contribution in [0.15, 0.2) is 50.9 Å². The monoisotopic (exact) mass is 524 g/mol. The molecule has 0 bridgehead atoms. The molecule has 2 aromatic rings. The van der Waals surface area contributed by atoms with Gasteiger partial charge in [0.25, 0.3) is 5.91 Å². The van der Waals surface area contributed by atoms with Crippen LogP contribution in [0.25, 0.3) is 10.8 Å². The van der Waals surface area contributed by atoms with E-state index in [1.165, 1.54) is 31.3 Å². The number of carbonyl (C=O) groups is 1. The summed E-state index contributed by atoms with van der Waals surface area (Å²) in [6.45, 7) is 0.630. The normalized spacial score (nSPS) is 13.7. The Bertz CT molecular complexity index is 915. The van der Waals surface area contributed by atoms with Crippen LogP contribution in [0.5, 0.6) is 5.75 Å². The Labute approximate surface area is 187 Å². The maximum atomic E-state index is 12.1. The number of halogens is 2. The lowest BCUT2D eigenvalue weighted by molar-refractivity contribution is -0.121. The highest BCUT2D eigenvalue weighted by Gasteiger charge is 2.10. The number of hydrogen-bond donors (Lipinski definition) is 2. The molecule has 0 saturated carbocycles. The Morgan fingerprint density at radius 3 is 2.82 bits per heavy atom. The van der Waals surface area contributed by atoms with E-state index in [1.807, 2.05) is 30.3 Å². The molecule has 148 valence electrons. The van der Waals surface area contributed by atoms with Crippen LogP contribution in [0.2, 0.25) is 0 Å². The molecule has 2 N–H and O–H groups in total. The Balaban J connectivity index is 1.45. The van der Waals surface area contributed by atoms with Crippen molar-refractivity contribution in [1.82, 2.24) is 10.6 Å². The number of carbonyl (C=O) groups excluding carboxylic acids is 1. The van der Waals surface area contributed by atoms with Gasteiger partial charge in [-0.05, 0) is 89.2 Å². The molecule has 0 unspecified atom stereocenters. The van der Waals surface area contributed by atoms with Gasteiger partial charge in [0.1, 0.15) is 5.75 Å². The predicted octanol–water partition coefficient (Wildman–Crippen LogP) is 5.62. The molecule has 1 aliphatic rings. The molecule has 0 radical (unpaired) electrons. The SMILES string of the molecule is O=C(COc1ccc2cc(Br)ccc2c1Br)NC(=S)NCCC1=CCCCC1. The fourth-order valence-electron chi connectivity index (χ4n) is 3.17. The highest BCUT2D eigenvalue weighted by Crippen LogP contribution is 2.34. The van der Waals surface area contributed by atoms with Gasteiger partial charge in [-0.3, -0.25) is 4.79 Å². The van der Waals surface area contributed by atoms with Crippen molar-refractivity contribution in [2.75, 3.05) is 13.2 Å². The fraction of sp³-hybridized carbons (Fsp3) is 0.333. The zero-order valence-electron chi connectivity index (χ0n) is 15.4. The topological polar surface area (TPSA) is 50.4 Å². The summed E-state index contributed by atoms with van der Waals surface area (Å²) in [5, 5.41) is 8.20. The molecular weight excluding hydrogens is 504 g/mol. The molecule has 0 aliphatic heterocycles. The Hall–Kier alpha value is -1.44. The van der Waals surface area contributed by atoms with Crippen molar-refractivity contribution in [3.63, 3.8) is 0 Å². The van der Waals surface area contributed by atoms with Crippen molar-refractivity contribution in [2.45, 2.75) is 32.1 Å². The number of hydrogen-bond acceptors (Lipinski definition) is 3. The van der Waals surface area contributed by atoms with E-state index < -0.39 is 0 Å². The standard InChI is InChI=1S/C21H22Br2N2O2S/c22-16-7-8-17-15(12-16)6-9-18(20(17)23)27-13-19(26)25-21(28)24-11-10-14-4-2-1-3-5-14/h4,6-9,12H,1-3,5,10-11,13H2,(H2,24,25,26,28). The summed E-state index contributed by atoms with van der Waals surface area (Å²) in [6.07, 6.45) is 8.19. The molecule has 0 fully saturated rings. The van der Waals surface area contributed by atoms with Crippen LogP contribution in [0, 0.1) is 0 Å². The summed E-state index contributed by atoms with van der Waals surface area (Å²) in [7, 11) is 0. The average Bonchev–Trinajstić information content (AvgIpc) is 2.68. The lowest BCUT2D eigenvalue weighted by Gasteiger charge is -2.14. The van der Waals surface area contributed by atoms with E-state index in [2.05, 4.69) is 48.6 Å². The molecule has 0 aromatic heterocycles. The molecule has 1 amide bonds. The third-order valence-corrected chi connectivity index (χ3v) is 6.17. The third-order valence-electron chi connectivity index (χ3n) is 4.61. The van der Waals surface area contributed by atoms with E-state index in [4.69, 9.17) is 17.0 Å². The van der Waals surface area contributed by atoms with E-state index in [0.29, 0.717) is 10.9 Å². The summed E-state index contributed by atoms with van der Waals surface area (Å²) in [4.78, 5) is 12.1. The minimum absolute atomic E-state index is 0.104. The van der Waals surface area contributed by atoms with Crippen LogP contribution in [0.4, 0.5) is 0 Å². The van der Waals surface area contributed by atoms with Gasteiger partial charge in [-0.15, -0.1) is 0 Å². The van der Waals surface area contributed by atoms with E-state index in [9.17, 15) is 4.79 Å².